The number of aryl methyl sites for hydroxylation is 1. The van der Waals surface area contributed by atoms with Gasteiger partial charge in [-0.05, 0) is 25.3 Å². The summed E-state index contributed by atoms with van der Waals surface area (Å²) in [5, 5.41) is 4.88. The Hall–Kier alpha value is -1.28. The third-order valence-corrected chi connectivity index (χ3v) is 3.69. The smallest absolute Gasteiger partial charge is 0.134 e. The van der Waals surface area contributed by atoms with E-state index in [1.165, 1.54) is 10.9 Å². The van der Waals surface area contributed by atoms with Crippen LogP contribution in [0.5, 0.6) is 0 Å². The van der Waals surface area contributed by atoms with Crippen molar-refractivity contribution in [3.05, 3.63) is 35.6 Å². The Bertz CT molecular complexity index is 513. The predicted molar refractivity (Wildman–Crippen MR) is 76.7 cm³/mol. The van der Waals surface area contributed by atoms with Crippen molar-refractivity contribution in [2.45, 2.75) is 46.7 Å². The fourth-order valence-corrected chi connectivity index (χ4v) is 2.53. The molecule has 2 heteroatoms. The topological polar surface area (TPSA) is 25.2 Å². The molecule has 0 aliphatic heterocycles. The van der Waals surface area contributed by atoms with Crippen LogP contribution in [-0.4, -0.2) is 6.04 Å². The zero-order valence-corrected chi connectivity index (χ0v) is 11.8. The molecule has 0 bridgehead atoms. The largest absolute Gasteiger partial charge is 0.461 e. The number of furan rings is 1. The molecule has 1 unspecified atom stereocenters. The number of nitrogens with one attached hydrogen (secondary N) is 1. The zero-order valence-electron chi connectivity index (χ0n) is 11.8. The summed E-state index contributed by atoms with van der Waals surface area (Å²) in [6.45, 7) is 9.70. The average molecular weight is 245 g/mol. The van der Waals surface area contributed by atoms with Crippen molar-refractivity contribution >= 4 is 11.0 Å². The van der Waals surface area contributed by atoms with Gasteiger partial charge in [0.25, 0.3) is 0 Å². The maximum atomic E-state index is 5.79. The molecule has 0 saturated heterocycles. The Balaban J connectivity index is 2.19. The van der Waals surface area contributed by atoms with Crippen LogP contribution in [0.3, 0.4) is 0 Å². The molecule has 1 aromatic heterocycles. The SMILES string of the molecule is CCC(NCc1c(C)oc2ccccc12)C(C)C. The Morgan fingerprint density at radius 3 is 2.61 bits per heavy atom. The van der Waals surface area contributed by atoms with E-state index in [2.05, 4.69) is 38.2 Å². The lowest BCUT2D eigenvalue weighted by Gasteiger charge is -2.20. The quantitative estimate of drug-likeness (QED) is 0.851. The first kappa shape index (κ1) is 13.2. The van der Waals surface area contributed by atoms with E-state index in [4.69, 9.17) is 4.42 Å². The summed E-state index contributed by atoms with van der Waals surface area (Å²) in [5.41, 5.74) is 2.29. The highest BCUT2D eigenvalue weighted by Crippen LogP contribution is 2.25. The second-order valence-corrected chi connectivity index (χ2v) is 5.27. The van der Waals surface area contributed by atoms with Crippen molar-refractivity contribution in [3.8, 4) is 0 Å². The second-order valence-electron chi connectivity index (χ2n) is 5.27. The van der Waals surface area contributed by atoms with Crippen molar-refractivity contribution in [2.24, 2.45) is 5.92 Å². The molecule has 18 heavy (non-hydrogen) atoms. The van der Waals surface area contributed by atoms with Gasteiger partial charge in [-0.15, -0.1) is 0 Å². The summed E-state index contributed by atoms with van der Waals surface area (Å²) in [7, 11) is 0. The van der Waals surface area contributed by atoms with Gasteiger partial charge in [0.1, 0.15) is 11.3 Å². The van der Waals surface area contributed by atoms with E-state index in [0.717, 1.165) is 24.3 Å². The molecule has 2 aromatic rings. The van der Waals surface area contributed by atoms with E-state index in [9.17, 15) is 0 Å². The molecular weight excluding hydrogens is 222 g/mol. The van der Waals surface area contributed by atoms with Gasteiger partial charge < -0.3 is 9.73 Å². The van der Waals surface area contributed by atoms with Crippen LogP contribution in [0.25, 0.3) is 11.0 Å². The third kappa shape index (κ3) is 2.59. The highest BCUT2D eigenvalue weighted by atomic mass is 16.3. The fourth-order valence-electron chi connectivity index (χ4n) is 2.53. The molecule has 0 aliphatic rings. The molecule has 1 aromatic carbocycles. The highest BCUT2D eigenvalue weighted by molar-refractivity contribution is 5.82. The summed E-state index contributed by atoms with van der Waals surface area (Å²) in [6, 6.07) is 8.83. The first-order valence-corrected chi connectivity index (χ1v) is 6.83. The molecule has 2 nitrogen and oxygen atoms in total. The molecular formula is C16H23NO. The number of fused-ring (bicyclic) bond motifs is 1. The van der Waals surface area contributed by atoms with Crippen LogP contribution in [0.1, 0.15) is 38.5 Å². The Kier molecular flexibility index (Phi) is 4.07. The third-order valence-electron chi connectivity index (χ3n) is 3.69. The summed E-state index contributed by atoms with van der Waals surface area (Å²) >= 11 is 0. The van der Waals surface area contributed by atoms with E-state index < -0.39 is 0 Å². The first-order valence-electron chi connectivity index (χ1n) is 6.83. The van der Waals surface area contributed by atoms with Crippen molar-refractivity contribution in [2.75, 3.05) is 0 Å². The highest BCUT2D eigenvalue weighted by Gasteiger charge is 2.14. The number of hydrogen-bond donors (Lipinski definition) is 1. The van der Waals surface area contributed by atoms with Gasteiger partial charge in [-0.1, -0.05) is 39.0 Å². The first-order chi connectivity index (χ1) is 8.63. The van der Waals surface area contributed by atoms with Crippen molar-refractivity contribution in [3.63, 3.8) is 0 Å². The molecule has 0 radical (unpaired) electrons. The monoisotopic (exact) mass is 245 g/mol. The minimum absolute atomic E-state index is 0.568. The van der Waals surface area contributed by atoms with Crippen molar-refractivity contribution in [1.29, 1.82) is 0 Å². The minimum Gasteiger partial charge on any atom is -0.461 e. The Labute approximate surface area is 109 Å². The lowest BCUT2D eigenvalue weighted by atomic mass is 10.0. The normalized spacial score (nSPS) is 13.4. The molecule has 1 heterocycles. The molecule has 1 atom stereocenters. The van der Waals surface area contributed by atoms with Crippen LogP contribution in [0, 0.1) is 12.8 Å². The summed E-state index contributed by atoms with van der Waals surface area (Å²) in [6.07, 6.45) is 1.16. The summed E-state index contributed by atoms with van der Waals surface area (Å²) in [5.74, 6) is 1.69. The molecule has 0 spiro atoms. The van der Waals surface area contributed by atoms with Gasteiger partial charge in [0.2, 0.25) is 0 Å². The van der Waals surface area contributed by atoms with E-state index in [0.29, 0.717) is 12.0 Å². The van der Waals surface area contributed by atoms with E-state index >= 15 is 0 Å². The number of para-hydroxylation sites is 1. The maximum Gasteiger partial charge on any atom is 0.134 e. The summed E-state index contributed by atoms with van der Waals surface area (Å²) < 4.78 is 5.79. The Morgan fingerprint density at radius 1 is 1.22 bits per heavy atom. The van der Waals surface area contributed by atoms with Gasteiger partial charge in [0.05, 0.1) is 0 Å². The second kappa shape index (κ2) is 5.57. The number of benzene rings is 1. The number of rotatable bonds is 5. The average Bonchev–Trinajstić information content (AvgIpc) is 2.66. The number of hydrogen-bond acceptors (Lipinski definition) is 2. The predicted octanol–water partition coefficient (Wildman–Crippen LogP) is 4.27. The molecule has 0 amide bonds. The van der Waals surface area contributed by atoms with E-state index in [-0.39, 0.29) is 0 Å². The van der Waals surface area contributed by atoms with Crippen LogP contribution < -0.4 is 5.32 Å². The van der Waals surface area contributed by atoms with Crippen LogP contribution in [-0.2, 0) is 6.54 Å². The van der Waals surface area contributed by atoms with E-state index in [1.807, 2.05) is 19.1 Å². The van der Waals surface area contributed by atoms with Crippen LogP contribution in [0.4, 0.5) is 0 Å². The van der Waals surface area contributed by atoms with Crippen molar-refractivity contribution in [1.82, 2.24) is 5.32 Å². The molecule has 98 valence electrons. The Morgan fingerprint density at radius 2 is 1.94 bits per heavy atom. The minimum atomic E-state index is 0.568. The molecule has 0 saturated carbocycles. The molecule has 0 aliphatic carbocycles. The zero-order chi connectivity index (χ0) is 13.1. The fraction of sp³-hybridized carbons (Fsp3) is 0.500. The standard InChI is InChI=1S/C16H23NO/c1-5-15(11(2)3)17-10-14-12(4)18-16-9-7-6-8-13(14)16/h6-9,11,15,17H,5,10H2,1-4H3. The van der Waals surface area contributed by atoms with Gasteiger partial charge in [-0.2, -0.15) is 0 Å². The maximum absolute atomic E-state index is 5.79. The van der Waals surface area contributed by atoms with E-state index in [1.54, 1.807) is 0 Å². The van der Waals surface area contributed by atoms with Gasteiger partial charge in [0, 0.05) is 23.5 Å². The van der Waals surface area contributed by atoms with Crippen LogP contribution >= 0.6 is 0 Å². The van der Waals surface area contributed by atoms with Gasteiger partial charge in [-0.25, -0.2) is 0 Å². The van der Waals surface area contributed by atoms with Gasteiger partial charge >= 0.3 is 0 Å². The lowest BCUT2D eigenvalue weighted by Crippen LogP contribution is -2.32. The van der Waals surface area contributed by atoms with Gasteiger partial charge in [-0.3, -0.25) is 0 Å². The van der Waals surface area contributed by atoms with Crippen LogP contribution in [0.2, 0.25) is 0 Å². The van der Waals surface area contributed by atoms with Crippen LogP contribution in [0.15, 0.2) is 28.7 Å². The van der Waals surface area contributed by atoms with Crippen molar-refractivity contribution < 1.29 is 4.42 Å². The molecule has 1 N–H and O–H groups in total. The molecule has 0 fully saturated rings. The van der Waals surface area contributed by atoms with Gasteiger partial charge in [0.15, 0.2) is 0 Å². The summed E-state index contributed by atoms with van der Waals surface area (Å²) in [4.78, 5) is 0. The molecule has 2 rings (SSSR count). The lowest BCUT2D eigenvalue weighted by molar-refractivity contribution is 0.386.